The van der Waals surface area contributed by atoms with Crippen molar-refractivity contribution in [1.29, 1.82) is 0 Å². The van der Waals surface area contributed by atoms with Crippen molar-refractivity contribution in [2.75, 3.05) is 13.6 Å². The number of carbonyl (C=O) groups excluding carboxylic acids is 1. The monoisotopic (exact) mass is 267 g/mol. The molecule has 4 nitrogen and oxygen atoms in total. The number of nitrogens with zero attached hydrogens (tertiary/aromatic N) is 1. The van der Waals surface area contributed by atoms with Gasteiger partial charge < -0.3 is 16.0 Å². The van der Waals surface area contributed by atoms with E-state index in [0.29, 0.717) is 12.1 Å². The van der Waals surface area contributed by atoms with Crippen LogP contribution in [0.2, 0.25) is 0 Å². The van der Waals surface area contributed by atoms with Crippen LogP contribution in [0.25, 0.3) is 0 Å². The van der Waals surface area contributed by atoms with Gasteiger partial charge in [-0.3, -0.25) is 4.79 Å². The molecule has 0 saturated heterocycles. The smallest absolute Gasteiger partial charge is 0.237 e. The predicted octanol–water partition coefficient (Wildman–Crippen LogP) is 1.49. The number of nitrogens with two attached hydrogens (primary N) is 1. The van der Waals surface area contributed by atoms with Gasteiger partial charge >= 0.3 is 0 Å². The van der Waals surface area contributed by atoms with Crippen LogP contribution >= 0.6 is 0 Å². The van der Waals surface area contributed by atoms with Gasteiger partial charge in [-0.15, -0.1) is 0 Å². The Morgan fingerprint density at radius 2 is 2.11 bits per heavy atom. The highest BCUT2D eigenvalue weighted by Crippen LogP contribution is 2.35. The summed E-state index contributed by atoms with van der Waals surface area (Å²) >= 11 is 0. The molecule has 2 atom stereocenters. The highest BCUT2D eigenvalue weighted by Gasteiger charge is 2.45. The first-order valence-corrected chi connectivity index (χ1v) is 7.71. The maximum absolute atomic E-state index is 11.9. The Morgan fingerprint density at radius 3 is 2.58 bits per heavy atom. The van der Waals surface area contributed by atoms with Crippen molar-refractivity contribution in [3.63, 3.8) is 0 Å². The summed E-state index contributed by atoms with van der Waals surface area (Å²) in [5.41, 5.74) is 5.18. The standard InChI is InChI=1S/C15H29N3O/c1-11(2)17-15(14(16)19)8-7-13(9-15)18(3)10-12-5-4-6-12/h11-13,17H,4-10H2,1-3H3,(H2,16,19). The Morgan fingerprint density at radius 1 is 1.42 bits per heavy atom. The maximum Gasteiger partial charge on any atom is 0.237 e. The summed E-state index contributed by atoms with van der Waals surface area (Å²) in [4.78, 5) is 14.3. The van der Waals surface area contributed by atoms with Crippen LogP contribution in [-0.2, 0) is 4.79 Å². The molecule has 0 aliphatic heterocycles. The van der Waals surface area contributed by atoms with Crippen LogP contribution in [-0.4, -0.2) is 42.0 Å². The van der Waals surface area contributed by atoms with E-state index >= 15 is 0 Å². The van der Waals surface area contributed by atoms with Crippen molar-refractivity contribution in [1.82, 2.24) is 10.2 Å². The quantitative estimate of drug-likeness (QED) is 0.766. The molecule has 2 rings (SSSR count). The molecule has 0 spiro atoms. The van der Waals surface area contributed by atoms with Gasteiger partial charge in [0.2, 0.25) is 5.91 Å². The fourth-order valence-corrected chi connectivity index (χ4v) is 3.61. The Balaban J connectivity index is 1.93. The molecular formula is C15H29N3O. The van der Waals surface area contributed by atoms with Crippen molar-refractivity contribution in [2.45, 2.75) is 70.0 Å². The Bertz CT molecular complexity index is 327. The second kappa shape index (κ2) is 5.80. The molecule has 2 fully saturated rings. The molecule has 4 heteroatoms. The van der Waals surface area contributed by atoms with E-state index in [1.165, 1.54) is 25.8 Å². The molecule has 3 N–H and O–H groups in total. The molecule has 2 aliphatic carbocycles. The number of hydrogen-bond acceptors (Lipinski definition) is 3. The molecule has 19 heavy (non-hydrogen) atoms. The largest absolute Gasteiger partial charge is 0.368 e. The number of primary amides is 1. The molecular weight excluding hydrogens is 238 g/mol. The van der Waals surface area contributed by atoms with E-state index < -0.39 is 5.54 Å². The van der Waals surface area contributed by atoms with Crippen molar-refractivity contribution in [2.24, 2.45) is 11.7 Å². The zero-order valence-electron chi connectivity index (χ0n) is 12.6. The minimum absolute atomic E-state index is 0.180. The summed E-state index contributed by atoms with van der Waals surface area (Å²) in [6, 6.07) is 0.794. The molecule has 2 saturated carbocycles. The van der Waals surface area contributed by atoms with Crippen LogP contribution in [0.4, 0.5) is 0 Å². The Hall–Kier alpha value is -0.610. The van der Waals surface area contributed by atoms with Gasteiger partial charge in [0, 0.05) is 18.6 Å². The molecule has 2 unspecified atom stereocenters. The fourth-order valence-electron chi connectivity index (χ4n) is 3.61. The minimum atomic E-state index is -0.479. The summed E-state index contributed by atoms with van der Waals surface area (Å²) in [6.07, 6.45) is 6.96. The van der Waals surface area contributed by atoms with Gasteiger partial charge in [0.15, 0.2) is 0 Å². The van der Waals surface area contributed by atoms with Gasteiger partial charge in [0.1, 0.15) is 0 Å². The van der Waals surface area contributed by atoms with Gasteiger partial charge in [0.05, 0.1) is 5.54 Å². The number of rotatable bonds is 6. The number of hydrogen-bond donors (Lipinski definition) is 2. The first-order chi connectivity index (χ1) is 8.93. The molecule has 0 aromatic heterocycles. The Labute approximate surface area is 117 Å². The van der Waals surface area contributed by atoms with Crippen molar-refractivity contribution >= 4 is 5.91 Å². The summed E-state index contributed by atoms with van der Waals surface area (Å²) < 4.78 is 0. The fraction of sp³-hybridized carbons (Fsp3) is 0.933. The first kappa shape index (κ1) is 14.8. The molecule has 2 aliphatic rings. The summed E-state index contributed by atoms with van der Waals surface area (Å²) in [5.74, 6) is 0.701. The van der Waals surface area contributed by atoms with Crippen LogP contribution in [0.5, 0.6) is 0 Å². The molecule has 1 amide bonds. The average Bonchev–Trinajstić information content (AvgIpc) is 2.68. The van der Waals surface area contributed by atoms with Crippen LogP contribution in [0.1, 0.15) is 52.4 Å². The van der Waals surface area contributed by atoms with Crippen molar-refractivity contribution < 1.29 is 4.79 Å². The summed E-state index contributed by atoms with van der Waals surface area (Å²) in [6.45, 7) is 5.34. The summed E-state index contributed by atoms with van der Waals surface area (Å²) in [5, 5.41) is 3.42. The molecule has 0 heterocycles. The lowest BCUT2D eigenvalue weighted by Gasteiger charge is -2.35. The number of amides is 1. The third-order valence-corrected chi connectivity index (χ3v) is 4.92. The van der Waals surface area contributed by atoms with E-state index in [0.717, 1.165) is 25.2 Å². The van der Waals surface area contributed by atoms with E-state index in [1.54, 1.807) is 0 Å². The number of carbonyl (C=O) groups is 1. The highest BCUT2D eigenvalue weighted by atomic mass is 16.1. The normalized spacial score (nSPS) is 31.9. The van der Waals surface area contributed by atoms with Crippen LogP contribution in [0.15, 0.2) is 0 Å². The second-order valence-electron chi connectivity index (χ2n) is 6.88. The zero-order chi connectivity index (χ0) is 14.0. The maximum atomic E-state index is 11.9. The zero-order valence-corrected chi connectivity index (χ0v) is 12.6. The third-order valence-electron chi connectivity index (χ3n) is 4.92. The molecule has 0 bridgehead atoms. The average molecular weight is 267 g/mol. The minimum Gasteiger partial charge on any atom is -0.368 e. The third kappa shape index (κ3) is 3.29. The lowest BCUT2D eigenvalue weighted by atomic mass is 9.85. The molecule has 110 valence electrons. The van der Waals surface area contributed by atoms with Crippen LogP contribution in [0, 0.1) is 5.92 Å². The molecule has 0 aromatic carbocycles. The van der Waals surface area contributed by atoms with E-state index in [1.807, 2.05) is 0 Å². The lowest BCUT2D eigenvalue weighted by molar-refractivity contribution is -0.124. The SMILES string of the molecule is CC(C)NC1(C(N)=O)CCC(N(C)CC2CCC2)C1. The molecule has 0 radical (unpaired) electrons. The highest BCUT2D eigenvalue weighted by molar-refractivity contribution is 5.85. The van der Waals surface area contributed by atoms with Gasteiger partial charge in [-0.2, -0.15) is 0 Å². The van der Waals surface area contributed by atoms with Gasteiger partial charge in [-0.05, 0) is 58.9 Å². The van der Waals surface area contributed by atoms with Crippen LogP contribution < -0.4 is 11.1 Å². The van der Waals surface area contributed by atoms with Crippen molar-refractivity contribution in [3.05, 3.63) is 0 Å². The lowest BCUT2D eigenvalue weighted by Crippen LogP contribution is -2.56. The molecule has 0 aromatic rings. The van der Waals surface area contributed by atoms with Crippen molar-refractivity contribution in [3.8, 4) is 0 Å². The van der Waals surface area contributed by atoms with Crippen LogP contribution in [0.3, 0.4) is 0 Å². The van der Waals surface area contributed by atoms with E-state index in [-0.39, 0.29) is 5.91 Å². The van der Waals surface area contributed by atoms with E-state index in [2.05, 4.69) is 31.1 Å². The number of nitrogens with one attached hydrogen (secondary N) is 1. The van der Waals surface area contributed by atoms with Gasteiger partial charge in [-0.1, -0.05) is 6.42 Å². The topological polar surface area (TPSA) is 58.4 Å². The van der Waals surface area contributed by atoms with E-state index in [4.69, 9.17) is 5.73 Å². The predicted molar refractivity (Wildman–Crippen MR) is 77.8 cm³/mol. The van der Waals surface area contributed by atoms with E-state index in [9.17, 15) is 4.79 Å². The van der Waals surface area contributed by atoms with Gasteiger partial charge in [-0.25, -0.2) is 0 Å². The second-order valence-corrected chi connectivity index (χ2v) is 6.88. The van der Waals surface area contributed by atoms with Gasteiger partial charge in [0.25, 0.3) is 0 Å². The summed E-state index contributed by atoms with van der Waals surface area (Å²) in [7, 11) is 2.20. The first-order valence-electron chi connectivity index (χ1n) is 7.71. The Kier molecular flexibility index (Phi) is 4.51.